The molecule has 1 heterocycles. The minimum Gasteiger partial charge on any atom is -0.395 e. The van der Waals surface area contributed by atoms with Crippen LogP contribution in [-0.4, -0.2) is 49.6 Å². The molecule has 0 aliphatic rings. The Morgan fingerprint density at radius 1 is 1.42 bits per heavy atom. The molecule has 0 bridgehead atoms. The Kier molecular flexibility index (Phi) is 6.91. The molecule has 0 aliphatic heterocycles. The molecular weight excluding hydrogens is 248 g/mol. The van der Waals surface area contributed by atoms with Crippen LogP contribution in [0.25, 0.3) is 0 Å². The first-order valence-corrected chi connectivity index (χ1v) is 6.38. The van der Waals surface area contributed by atoms with Gasteiger partial charge < -0.3 is 20.5 Å². The lowest BCUT2D eigenvalue weighted by Crippen LogP contribution is -2.26. The molecule has 0 aliphatic carbocycles. The Balaban J connectivity index is 2.22. The van der Waals surface area contributed by atoms with Gasteiger partial charge in [-0.25, -0.2) is 0 Å². The van der Waals surface area contributed by atoms with Gasteiger partial charge in [-0.15, -0.1) is 0 Å². The molecule has 7 nitrogen and oxygen atoms in total. The molecule has 0 unspecified atom stereocenters. The monoisotopic (exact) mass is 270 g/mol. The van der Waals surface area contributed by atoms with E-state index in [1.54, 1.807) is 7.11 Å². The van der Waals surface area contributed by atoms with Gasteiger partial charge in [0.2, 0.25) is 0 Å². The lowest BCUT2D eigenvalue weighted by Gasteiger charge is -2.05. The van der Waals surface area contributed by atoms with Crippen molar-refractivity contribution in [1.29, 1.82) is 0 Å². The average Bonchev–Trinajstić information content (AvgIpc) is 2.78. The molecule has 7 heteroatoms. The molecule has 1 rings (SSSR count). The summed E-state index contributed by atoms with van der Waals surface area (Å²) >= 11 is 0. The number of methoxy groups -OCH3 is 1. The van der Waals surface area contributed by atoms with Crippen LogP contribution in [0, 0.1) is 0 Å². The van der Waals surface area contributed by atoms with Crippen molar-refractivity contribution in [3.05, 3.63) is 11.4 Å². The summed E-state index contributed by atoms with van der Waals surface area (Å²) in [5, 5.41) is 9.43. The maximum absolute atomic E-state index is 11.8. The van der Waals surface area contributed by atoms with Crippen LogP contribution in [-0.2, 0) is 15.9 Å². The molecule has 1 aromatic rings. The van der Waals surface area contributed by atoms with E-state index in [1.165, 1.54) is 0 Å². The molecule has 0 atom stereocenters. The highest BCUT2D eigenvalue weighted by atomic mass is 16.5. The summed E-state index contributed by atoms with van der Waals surface area (Å²) in [4.78, 5) is 11.8. The number of rotatable bonds is 9. The van der Waals surface area contributed by atoms with Crippen LogP contribution in [0.15, 0.2) is 0 Å². The first-order chi connectivity index (χ1) is 9.20. The fourth-order valence-corrected chi connectivity index (χ4v) is 1.53. The van der Waals surface area contributed by atoms with Crippen molar-refractivity contribution in [2.45, 2.75) is 19.8 Å². The maximum Gasteiger partial charge on any atom is 0.273 e. The lowest BCUT2D eigenvalue weighted by molar-refractivity contribution is 0.0688. The summed E-state index contributed by atoms with van der Waals surface area (Å²) in [5.41, 5.74) is 7.28. The molecule has 4 N–H and O–H groups in total. The largest absolute Gasteiger partial charge is 0.395 e. The summed E-state index contributed by atoms with van der Waals surface area (Å²) in [6.45, 7) is 4.20. The number of carbonyl (C=O) groups excluding carboxylic acids is 1. The molecular formula is C12H22N4O3. The predicted octanol–water partition coefficient (Wildman–Crippen LogP) is 0.337. The van der Waals surface area contributed by atoms with Gasteiger partial charge in [0, 0.05) is 20.3 Å². The van der Waals surface area contributed by atoms with Gasteiger partial charge in [-0.2, -0.15) is 5.10 Å². The second-order valence-electron chi connectivity index (χ2n) is 4.03. The van der Waals surface area contributed by atoms with Gasteiger partial charge in [-0.3, -0.25) is 9.89 Å². The topological polar surface area (TPSA) is 102 Å². The van der Waals surface area contributed by atoms with E-state index >= 15 is 0 Å². The van der Waals surface area contributed by atoms with E-state index < -0.39 is 0 Å². The number of aromatic nitrogens is 2. The van der Waals surface area contributed by atoms with Gasteiger partial charge in [-0.1, -0.05) is 6.92 Å². The Bertz CT molecular complexity index is 392. The van der Waals surface area contributed by atoms with Crippen molar-refractivity contribution in [2.75, 3.05) is 39.2 Å². The number of nitrogen functional groups attached to an aromatic ring is 1. The van der Waals surface area contributed by atoms with Crippen LogP contribution in [0.3, 0.4) is 0 Å². The van der Waals surface area contributed by atoms with E-state index in [9.17, 15) is 4.79 Å². The lowest BCUT2D eigenvalue weighted by atomic mass is 10.2. The van der Waals surface area contributed by atoms with E-state index in [0.29, 0.717) is 32.1 Å². The minimum atomic E-state index is -0.259. The van der Waals surface area contributed by atoms with E-state index in [-0.39, 0.29) is 11.6 Å². The third-order valence-electron chi connectivity index (χ3n) is 2.63. The van der Waals surface area contributed by atoms with Gasteiger partial charge in [0.05, 0.1) is 24.6 Å². The maximum atomic E-state index is 11.8. The van der Waals surface area contributed by atoms with Gasteiger partial charge in [0.1, 0.15) is 0 Å². The Hall–Kier alpha value is -1.60. The van der Waals surface area contributed by atoms with Crippen molar-refractivity contribution in [3.63, 3.8) is 0 Å². The third-order valence-corrected chi connectivity index (χ3v) is 2.63. The number of hydrogen-bond acceptors (Lipinski definition) is 5. The normalized spacial score (nSPS) is 10.6. The smallest absolute Gasteiger partial charge is 0.273 e. The SMILES string of the molecule is CCc1[nH]nc(C(=O)NCCCOCCOC)c1N. The number of aromatic amines is 1. The van der Waals surface area contributed by atoms with Gasteiger partial charge in [-0.05, 0) is 12.8 Å². The quantitative estimate of drug-likeness (QED) is 0.561. The molecule has 0 aromatic carbocycles. The highest BCUT2D eigenvalue weighted by molar-refractivity contribution is 5.97. The summed E-state index contributed by atoms with van der Waals surface area (Å²) in [5.74, 6) is -0.259. The van der Waals surface area contributed by atoms with Gasteiger partial charge >= 0.3 is 0 Å². The fraction of sp³-hybridized carbons (Fsp3) is 0.667. The standard InChI is InChI=1S/C12H22N4O3/c1-3-9-10(13)11(16-15-9)12(17)14-5-4-6-19-8-7-18-2/h3-8,13H2,1-2H3,(H,14,17)(H,15,16). The Morgan fingerprint density at radius 3 is 2.84 bits per heavy atom. The zero-order chi connectivity index (χ0) is 14.1. The van der Waals surface area contributed by atoms with Crippen LogP contribution in [0.5, 0.6) is 0 Å². The van der Waals surface area contributed by atoms with Crippen molar-refractivity contribution >= 4 is 11.6 Å². The molecule has 1 amide bonds. The highest BCUT2D eigenvalue weighted by Crippen LogP contribution is 2.13. The van der Waals surface area contributed by atoms with Crippen LogP contribution in [0.1, 0.15) is 29.5 Å². The number of hydrogen-bond donors (Lipinski definition) is 3. The van der Waals surface area contributed by atoms with E-state index in [4.69, 9.17) is 15.2 Å². The highest BCUT2D eigenvalue weighted by Gasteiger charge is 2.15. The molecule has 0 fully saturated rings. The second-order valence-corrected chi connectivity index (χ2v) is 4.03. The summed E-state index contributed by atoms with van der Waals surface area (Å²) < 4.78 is 10.1. The van der Waals surface area contributed by atoms with Crippen molar-refractivity contribution < 1.29 is 14.3 Å². The van der Waals surface area contributed by atoms with Crippen molar-refractivity contribution in [2.24, 2.45) is 0 Å². The molecule has 0 spiro atoms. The molecule has 108 valence electrons. The Morgan fingerprint density at radius 2 is 2.21 bits per heavy atom. The number of ether oxygens (including phenoxy) is 2. The molecule has 0 saturated heterocycles. The summed E-state index contributed by atoms with van der Waals surface area (Å²) in [6.07, 6.45) is 1.46. The molecule has 19 heavy (non-hydrogen) atoms. The number of amides is 1. The minimum absolute atomic E-state index is 0.259. The Labute approximate surface area is 112 Å². The summed E-state index contributed by atoms with van der Waals surface area (Å²) in [7, 11) is 1.63. The first-order valence-electron chi connectivity index (χ1n) is 6.38. The molecule has 1 aromatic heterocycles. The zero-order valence-electron chi connectivity index (χ0n) is 11.5. The predicted molar refractivity (Wildman–Crippen MR) is 72.0 cm³/mol. The zero-order valence-corrected chi connectivity index (χ0v) is 11.5. The average molecular weight is 270 g/mol. The molecule has 0 radical (unpaired) electrons. The van der Waals surface area contributed by atoms with Crippen LogP contribution >= 0.6 is 0 Å². The van der Waals surface area contributed by atoms with E-state index in [1.807, 2.05) is 6.92 Å². The van der Waals surface area contributed by atoms with Gasteiger partial charge in [0.25, 0.3) is 5.91 Å². The number of nitrogens with two attached hydrogens (primary N) is 1. The van der Waals surface area contributed by atoms with Gasteiger partial charge in [0.15, 0.2) is 5.69 Å². The van der Waals surface area contributed by atoms with E-state index in [0.717, 1.165) is 18.5 Å². The van der Waals surface area contributed by atoms with Crippen LogP contribution in [0.2, 0.25) is 0 Å². The van der Waals surface area contributed by atoms with E-state index in [2.05, 4.69) is 15.5 Å². The van der Waals surface area contributed by atoms with Crippen LogP contribution in [0.4, 0.5) is 5.69 Å². The number of carbonyl (C=O) groups is 1. The second kappa shape index (κ2) is 8.49. The summed E-state index contributed by atoms with van der Waals surface area (Å²) in [6, 6.07) is 0. The fourth-order valence-electron chi connectivity index (χ4n) is 1.53. The van der Waals surface area contributed by atoms with Crippen LogP contribution < -0.4 is 11.1 Å². The molecule has 0 saturated carbocycles. The van der Waals surface area contributed by atoms with Crippen molar-refractivity contribution in [1.82, 2.24) is 15.5 Å². The number of aryl methyl sites for hydroxylation is 1. The number of anilines is 1. The first kappa shape index (κ1) is 15.5. The van der Waals surface area contributed by atoms with Crippen molar-refractivity contribution in [3.8, 4) is 0 Å². The number of nitrogens with zero attached hydrogens (tertiary/aromatic N) is 1. The number of H-pyrrole nitrogens is 1. The third kappa shape index (κ3) is 4.88. The number of nitrogens with one attached hydrogen (secondary N) is 2.